The Labute approximate surface area is 138 Å². The summed E-state index contributed by atoms with van der Waals surface area (Å²) in [6.45, 7) is 0.110. The Bertz CT molecular complexity index is 792. The van der Waals surface area contributed by atoms with E-state index in [0.29, 0.717) is 12.0 Å². The molecule has 1 aromatic heterocycles. The van der Waals surface area contributed by atoms with Gasteiger partial charge in [0.1, 0.15) is 18.2 Å². The Morgan fingerprint density at radius 1 is 1.12 bits per heavy atom. The first kappa shape index (κ1) is 15.8. The number of tetrazole rings is 1. The molecule has 1 amide bonds. The standard InChI is InChI=1S/C17H16FN5O/c18-15-9-5-4-8-14(15)11-19-17(24)16(23-12-20-21-22-23)10-13-6-2-1-3-7-13/h1-9,12,16H,10-11H2,(H,19,24)/t16-/m0/s1. The molecule has 24 heavy (non-hydrogen) atoms. The van der Waals surface area contributed by atoms with Gasteiger partial charge in [-0.15, -0.1) is 5.10 Å². The van der Waals surface area contributed by atoms with Crippen LogP contribution in [0, 0.1) is 5.82 Å². The molecule has 0 radical (unpaired) electrons. The van der Waals surface area contributed by atoms with Gasteiger partial charge in [-0.05, 0) is 22.1 Å². The zero-order chi connectivity index (χ0) is 16.8. The van der Waals surface area contributed by atoms with Crippen molar-refractivity contribution in [3.8, 4) is 0 Å². The lowest BCUT2D eigenvalue weighted by Crippen LogP contribution is -2.34. The van der Waals surface area contributed by atoms with E-state index in [1.165, 1.54) is 17.1 Å². The Morgan fingerprint density at radius 2 is 1.88 bits per heavy atom. The molecule has 0 fully saturated rings. The molecule has 0 unspecified atom stereocenters. The lowest BCUT2D eigenvalue weighted by atomic mass is 10.1. The van der Waals surface area contributed by atoms with Crippen molar-refractivity contribution >= 4 is 5.91 Å². The number of halogens is 1. The Kier molecular flexibility index (Phi) is 4.90. The van der Waals surface area contributed by atoms with Crippen molar-refractivity contribution in [2.24, 2.45) is 0 Å². The predicted octanol–water partition coefficient (Wildman–Crippen LogP) is 1.91. The third kappa shape index (κ3) is 3.81. The summed E-state index contributed by atoms with van der Waals surface area (Å²) in [6.07, 6.45) is 1.84. The van der Waals surface area contributed by atoms with Crippen LogP contribution < -0.4 is 5.32 Å². The van der Waals surface area contributed by atoms with Gasteiger partial charge in [0.2, 0.25) is 5.91 Å². The van der Waals surface area contributed by atoms with Crippen LogP contribution in [0.3, 0.4) is 0 Å². The maximum absolute atomic E-state index is 13.7. The van der Waals surface area contributed by atoms with E-state index in [1.54, 1.807) is 18.2 Å². The molecule has 0 spiro atoms. The molecule has 1 atom stereocenters. The minimum atomic E-state index is -0.603. The molecule has 0 aliphatic carbocycles. The van der Waals surface area contributed by atoms with E-state index >= 15 is 0 Å². The number of amides is 1. The van der Waals surface area contributed by atoms with Crippen LogP contribution in [0.4, 0.5) is 4.39 Å². The van der Waals surface area contributed by atoms with Gasteiger partial charge < -0.3 is 5.32 Å². The number of carbonyl (C=O) groups excluding carboxylic acids is 1. The number of rotatable bonds is 6. The van der Waals surface area contributed by atoms with Gasteiger partial charge in [0.25, 0.3) is 0 Å². The van der Waals surface area contributed by atoms with E-state index < -0.39 is 6.04 Å². The molecule has 1 heterocycles. The van der Waals surface area contributed by atoms with Crippen molar-refractivity contribution < 1.29 is 9.18 Å². The second kappa shape index (κ2) is 7.45. The van der Waals surface area contributed by atoms with Crippen LogP contribution in [0.15, 0.2) is 60.9 Å². The number of carbonyl (C=O) groups is 1. The van der Waals surface area contributed by atoms with Crippen LogP contribution in [0.1, 0.15) is 17.2 Å². The molecule has 122 valence electrons. The first-order valence-electron chi connectivity index (χ1n) is 7.51. The second-order valence-corrected chi connectivity index (χ2v) is 5.30. The van der Waals surface area contributed by atoms with Gasteiger partial charge in [0, 0.05) is 18.5 Å². The first-order valence-corrected chi connectivity index (χ1v) is 7.51. The van der Waals surface area contributed by atoms with Gasteiger partial charge in [-0.25, -0.2) is 9.07 Å². The van der Waals surface area contributed by atoms with Gasteiger partial charge in [-0.2, -0.15) is 0 Å². The Balaban J connectivity index is 1.73. The fourth-order valence-corrected chi connectivity index (χ4v) is 2.40. The number of hydrogen-bond donors (Lipinski definition) is 1. The summed E-state index contributed by atoms with van der Waals surface area (Å²) < 4.78 is 15.1. The van der Waals surface area contributed by atoms with Crippen LogP contribution in [0.25, 0.3) is 0 Å². The number of nitrogens with one attached hydrogen (secondary N) is 1. The van der Waals surface area contributed by atoms with E-state index in [9.17, 15) is 9.18 Å². The summed E-state index contributed by atoms with van der Waals surface area (Å²) in [7, 11) is 0. The molecule has 1 N–H and O–H groups in total. The monoisotopic (exact) mass is 325 g/mol. The van der Waals surface area contributed by atoms with Gasteiger partial charge in [-0.3, -0.25) is 4.79 Å². The largest absolute Gasteiger partial charge is 0.350 e. The molecule has 0 aliphatic heterocycles. The van der Waals surface area contributed by atoms with Gasteiger partial charge in [0.15, 0.2) is 0 Å². The highest BCUT2D eigenvalue weighted by molar-refractivity contribution is 5.80. The van der Waals surface area contributed by atoms with Crippen molar-refractivity contribution in [2.75, 3.05) is 0 Å². The normalized spacial score (nSPS) is 11.9. The zero-order valence-electron chi connectivity index (χ0n) is 12.8. The lowest BCUT2D eigenvalue weighted by Gasteiger charge is -2.16. The maximum atomic E-state index is 13.7. The summed E-state index contributed by atoms with van der Waals surface area (Å²) in [4.78, 5) is 12.6. The summed E-state index contributed by atoms with van der Waals surface area (Å²) in [5, 5.41) is 13.8. The highest BCUT2D eigenvalue weighted by Gasteiger charge is 2.22. The smallest absolute Gasteiger partial charge is 0.245 e. The Morgan fingerprint density at radius 3 is 2.58 bits per heavy atom. The van der Waals surface area contributed by atoms with E-state index in [0.717, 1.165) is 5.56 Å². The molecule has 0 saturated heterocycles. The third-order valence-corrected chi connectivity index (χ3v) is 3.67. The van der Waals surface area contributed by atoms with E-state index in [1.807, 2.05) is 30.3 Å². The van der Waals surface area contributed by atoms with Crippen molar-refractivity contribution in [2.45, 2.75) is 19.0 Å². The van der Waals surface area contributed by atoms with Crippen LogP contribution in [0.5, 0.6) is 0 Å². The lowest BCUT2D eigenvalue weighted by molar-refractivity contribution is -0.124. The predicted molar refractivity (Wildman–Crippen MR) is 85.2 cm³/mol. The number of hydrogen-bond acceptors (Lipinski definition) is 4. The number of nitrogens with zero attached hydrogens (tertiary/aromatic N) is 4. The fourth-order valence-electron chi connectivity index (χ4n) is 2.40. The molecular weight excluding hydrogens is 309 g/mol. The molecular formula is C17H16FN5O. The van der Waals surface area contributed by atoms with Crippen LogP contribution in [0.2, 0.25) is 0 Å². The topological polar surface area (TPSA) is 72.7 Å². The quantitative estimate of drug-likeness (QED) is 0.751. The van der Waals surface area contributed by atoms with E-state index in [4.69, 9.17) is 0 Å². The molecule has 0 saturated carbocycles. The van der Waals surface area contributed by atoms with Crippen LogP contribution in [-0.4, -0.2) is 26.1 Å². The SMILES string of the molecule is O=C(NCc1ccccc1F)[C@H](Cc1ccccc1)n1cnnn1. The minimum Gasteiger partial charge on any atom is -0.350 e. The fraction of sp³-hybridized carbons (Fsp3) is 0.176. The van der Waals surface area contributed by atoms with Crippen molar-refractivity contribution in [3.63, 3.8) is 0 Å². The number of benzene rings is 2. The molecule has 7 heteroatoms. The third-order valence-electron chi connectivity index (χ3n) is 3.67. The average molecular weight is 325 g/mol. The zero-order valence-corrected chi connectivity index (χ0v) is 12.8. The van der Waals surface area contributed by atoms with E-state index in [2.05, 4.69) is 20.8 Å². The molecule has 0 aliphatic rings. The van der Waals surface area contributed by atoms with E-state index in [-0.39, 0.29) is 18.3 Å². The summed E-state index contributed by atoms with van der Waals surface area (Å²) >= 11 is 0. The Hall–Kier alpha value is -3.09. The van der Waals surface area contributed by atoms with Crippen molar-refractivity contribution in [1.29, 1.82) is 0 Å². The van der Waals surface area contributed by atoms with Crippen molar-refractivity contribution in [3.05, 3.63) is 77.9 Å². The molecule has 0 bridgehead atoms. The molecule has 3 rings (SSSR count). The highest BCUT2D eigenvalue weighted by Crippen LogP contribution is 2.14. The molecule has 3 aromatic rings. The highest BCUT2D eigenvalue weighted by atomic mass is 19.1. The summed E-state index contributed by atoms with van der Waals surface area (Å²) in [6, 6.07) is 15.3. The van der Waals surface area contributed by atoms with Gasteiger partial charge in [-0.1, -0.05) is 48.5 Å². The van der Waals surface area contributed by atoms with Crippen molar-refractivity contribution in [1.82, 2.24) is 25.5 Å². The maximum Gasteiger partial charge on any atom is 0.245 e. The summed E-state index contributed by atoms with van der Waals surface area (Å²) in [5.41, 5.74) is 1.42. The summed E-state index contributed by atoms with van der Waals surface area (Å²) in [5.74, 6) is -0.616. The molecule has 6 nitrogen and oxygen atoms in total. The van der Waals surface area contributed by atoms with Crippen LogP contribution in [-0.2, 0) is 17.8 Å². The van der Waals surface area contributed by atoms with Gasteiger partial charge in [0.05, 0.1) is 0 Å². The first-order chi connectivity index (χ1) is 11.7. The minimum absolute atomic E-state index is 0.110. The molecule has 2 aromatic carbocycles. The average Bonchev–Trinajstić information content (AvgIpc) is 3.14. The second-order valence-electron chi connectivity index (χ2n) is 5.30. The number of aromatic nitrogens is 4. The van der Waals surface area contributed by atoms with Gasteiger partial charge >= 0.3 is 0 Å². The van der Waals surface area contributed by atoms with Crippen LogP contribution >= 0.6 is 0 Å².